The zero-order valence-electron chi connectivity index (χ0n) is 11.6. The molecule has 3 atom stereocenters. The van der Waals surface area contributed by atoms with Crippen LogP contribution in [0.2, 0.25) is 0 Å². The summed E-state index contributed by atoms with van der Waals surface area (Å²) < 4.78 is 0. The van der Waals surface area contributed by atoms with E-state index in [2.05, 4.69) is 12.1 Å². The van der Waals surface area contributed by atoms with Gasteiger partial charge in [0, 0.05) is 6.54 Å². The highest BCUT2D eigenvalue weighted by atomic mass is 16.4. The van der Waals surface area contributed by atoms with Gasteiger partial charge in [-0.15, -0.1) is 0 Å². The molecule has 4 nitrogen and oxygen atoms in total. The second-order valence-corrected chi connectivity index (χ2v) is 5.89. The SMILES string of the molecule is Cc1cccc([C@@H]2CCCN2C(=O)[C@@H]2C[C@@H]2C(=O)O)c1. The van der Waals surface area contributed by atoms with Gasteiger partial charge in [-0.3, -0.25) is 9.59 Å². The fourth-order valence-corrected chi connectivity index (χ4v) is 3.21. The summed E-state index contributed by atoms with van der Waals surface area (Å²) >= 11 is 0. The van der Waals surface area contributed by atoms with Crippen LogP contribution in [0.25, 0.3) is 0 Å². The number of carbonyl (C=O) groups is 2. The zero-order valence-corrected chi connectivity index (χ0v) is 11.6. The van der Waals surface area contributed by atoms with Gasteiger partial charge in [-0.1, -0.05) is 29.8 Å². The molecule has 1 aromatic carbocycles. The molecule has 0 aromatic heterocycles. The van der Waals surface area contributed by atoms with Crippen molar-refractivity contribution in [1.82, 2.24) is 4.90 Å². The van der Waals surface area contributed by atoms with Crippen LogP contribution in [0.1, 0.15) is 36.4 Å². The van der Waals surface area contributed by atoms with E-state index in [0.29, 0.717) is 6.42 Å². The minimum Gasteiger partial charge on any atom is -0.481 e. The Kier molecular flexibility index (Phi) is 3.24. The summed E-state index contributed by atoms with van der Waals surface area (Å²) in [5.41, 5.74) is 2.36. The number of aryl methyl sites for hydroxylation is 1. The topological polar surface area (TPSA) is 57.6 Å². The maximum absolute atomic E-state index is 12.5. The largest absolute Gasteiger partial charge is 0.481 e. The van der Waals surface area contributed by atoms with Crippen molar-refractivity contribution in [1.29, 1.82) is 0 Å². The molecule has 1 saturated carbocycles. The molecule has 1 amide bonds. The average Bonchev–Trinajstić information content (AvgIpc) is 3.07. The molecule has 3 rings (SSSR count). The number of aliphatic carboxylic acids is 1. The van der Waals surface area contributed by atoms with E-state index in [9.17, 15) is 9.59 Å². The van der Waals surface area contributed by atoms with Crippen molar-refractivity contribution >= 4 is 11.9 Å². The molecule has 1 heterocycles. The quantitative estimate of drug-likeness (QED) is 0.920. The van der Waals surface area contributed by atoms with Gasteiger partial charge >= 0.3 is 5.97 Å². The van der Waals surface area contributed by atoms with E-state index >= 15 is 0 Å². The van der Waals surface area contributed by atoms with Gasteiger partial charge in [0.2, 0.25) is 5.91 Å². The lowest BCUT2D eigenvalue weighted by atomic mass is 10.0. The molecule has 0 bridgehead atoms. The number of hydrogen-bond donors (Lipinski definition) is 1. The molecule has 0 spiro atoms. The lowest BCUT2D eigenvalue weighted by molar-refractivity contribution is -0.142. The summed E-state index contributed by atoms with van der Waals surface area (Å²) in [6.07, 6.45) is 2.47. The van der Waals surface area contributed by atoms with Gasteiger partial charge in [-0.25, -0.2) is 0 Å². The molecule has 1 N–H and O–H groups in total. The lowest BCUT2D eigenvalue weighted by Crippen LogP contribution is -2.32. The van der Waals surface area contributed by atoms with Crippen molar-refractivity contribution in [2.24, 2.45) is 11.8 Å². The standard InChI is InChI=1S/C16H19NO3/c1-10-4-2-5-11(8-10)14-6-3-7-17(14)15(18)12-9-13(12)16(19)20/h2,4-5,8,12-14H,3,6-7,9H2,1H3,(H,19,20)/t12-,13+,14+/m1/s1. The van der Waals surface area contributed by atoms with Crippen molar-refractivity contribution in [3.05, 3.63) is 35.4 Å². The summed E-state index contributed by atoms with van der Waals surface area (Å²) in [5.74, 6) is -1.56. The third-order valence-electron chi connectivity index (χ3n) is 4.39. The van der Waals surface area contributed by atoms with E-state index in [1.807, 2.05) is 24.0 Å². The molecular weight excluding hydrogens is 254 g/mol. The van der Waals surface area contributed by atoms with Crippen LogP contribution in [-0.2, 0) is 9.59 Å². The highest BCUT2D eigenvalue weighted by Crippen LogP contribution is 2.43. The molecule has 2 fully saturated rings. The van der Waals surface area contributed by atoms with Gasteiger partial charge in [-0.2, -0.15) is 0 Å². The van der Waals surface area contributed by atoms with Crippen LogP contribution in [0.4, 0.5) is 0 Å². The Morgan fingerprint density at radius 2 is 2.10 bits per heavy atom. The fraction of sp³-hybridized carbons (Fsp3) is 0.500. The number of rotatable bonds is 3. The fourth-order valence-electron chi connectivity index (χ4n) is 3.21. The molecule has 1 aliphatic heterocycles. The highest BCUT2D eigenvalue weighted by molar-refractivity contribution is 5.89. The minimum atomic E-state index is -0.838. The normalized spacial score (nSPS) is 28.4. The van der Waals surface area contributed by atoms with Gasteiger partial charge in [0.15, 0.2) is 0 Å². The monoisotopic (exact) mass is 273 g/mol. The van der Waals surface area contributed by atoms with Crippen LogP contribution in [0.5, 0.6) is 0 Å². The van der Waals surface area contributed by atoms with Crippen molar-refractivity contribution in [2.75, 3.05) is 6.54 Å². The van der Waals surface area contributed by atoms with Crippen LogP contribution in [0.15, 0.2) is 24.3 Å². The van der Waals surface area contributed by atoms with E-state index in [1.54, 1.807) is 0 Å². The molecule has 1 aliphatic carbocycles. The number of benzene rings is 1. The van der Waals surface area contributed by atoms with Gasteiger partial charge in [0.1, 0.15) is 0 Å². The Morgan fingerprint density at radius 3 is 2.75 bits per heavy atom. The van der Waals surface area contributed by atoms with E-state index in [-0.39, 0.29) is 17.9 Å². The maximum atomic E-state index is 12.5. The lowest BCUT2D eigenvalue weighted by Gasteiger charge is -2.25. The number of amides is 1. The second kappa shape index (κ2) is 4.93. The molecule has 0 radical (unpaired) electrons. The Bertz CT molecular complexity index is 554. The van der Waals surface area contributed by atoms with Crippen LogP contribution in [0.3, 0.4) is 0 Å². The molecule has 2 aliphatic rings. The molecule has 20 heavy (non-hydrogen) atoms. The van der Waals surface area contributed by atoms with Crippen molar-refractivity contribution in [3.63, 3.8) is 0 Å². The number of likely N-dealkylation sites (tertiary alicyclic amines) is 1. The van der Waals surface area contributed by atoms with Crippen molar-refractivity contribution in [3.8, 4) is 0 Å². The second-order valence-electron chi connectivity index (χ2n) is 5.89. The smallest absolute Gasteiger partial charge is 0.307 e. The first-order valence-corrected chi connectivity index (χ1v) is 7.18. The number of carboxylic acids is 1. The van der Waals surface area contributed by atoms with E-state index in [0.717, 1.165) is 19.4 Å². The highest BCUT2D eigenvalue weighted by Gasteiger charge is 2.51. The molecule has 106 valence electrons. The maximum Gasteiger partial charge on any atom is 0.307 e. The van der Waals surface area contributed by atoms with Gasteiger partial charge in [-0.05, 0) is 31.7 Å². The molecular formula is C16H19NO3. The van der Waals surface area contributed by atoms with Gasteiger partial charge in [0.05, 0.1) is 17.9 Å². The summed E-state index contributed by atoms with van der Waals surface area (Å²) in [6.45, 7) is 2.80. The van der Waals surface area contributed by atoms with E-state index < -0.39 is 11.9 Å². The van der Waals surface area contributed by atoms with Crippen molar-refractivity contribution in [2.45, 2.75) is 32.2 Å². The van der Waals surface area contributed by atoms with Gasteiger partial charge < -0.3 is 10.0 Å². The minimum absolute atomic E-state index is 0.0291. The Morgan fingerprint density at radius 1 is 1.30 bits per heavy atom. The predicted molar refractivity (Wildman–Crippen MR) is 74.1 cm³/mol. The summed E-state index contributed by atoms with van der Waals surface area (Å²) in [4.78, 5) is 25.3. The van der Waals surface area contributed by atoms with Crippen LogP contribution in [0, 0.1) is 18.8 Å². The van der Waals surface area contributed by atoms with Crippen LogP contribution < -0.4 is 0 Å². The molecule has 1 saturated heterocycles. The Hall–Kier alpha value is -1.84. The van der Waals surface area contributed by atoms with Crippen LogP contribution in [-0.4, -0.2) is 28.4 Å². The summed E-state index contributed by atoms with van der Waals surface area (Å²) in [5, 5.41) is 8.96. The predicted octanol–water partition coefficient (Wildman–Crippen LogP) is 2.38. The Balaban J connectivity index is 1.76. The molecule has 0 unspecified atom stereocenters. The first-order chi connectivity index (χ1) is 9.58. The van der Waals surface area contributed by atoms with E-state index in [4.69, 9.17) is 5.11 Å². The first kappa shape index (κ1) is 13.2. The summed E-state index contributed by atoms with van der Waals surface area (Å²) in [7, 11) is 0. The third kappa shape index (κ3) is 2.30. The zero-order chi connectivity index (χ0) is 14.3. The van der Waals surface area contributed by atoms with E-state index in [1.165, 1.54) is 11.1 Å². The summed E-state index contributed by atoms with van der Waals surface area (Å²) in [6, 6.07) is 8.37. The first-order valence-electron chi connectivity index (χ1n) is 7.18. The van der Waals surface area contributed by atoms with Crippen LogP contribution >= 0.6 is 0 Å². The Labute approximate surface area is 118 Å². The number of carbonyl (C=O) groups excluding carboxylic acids is 1. The third-order valence-corrected chi connectivity index (χ3v) is 4.39. The molecule has 1 aromatic rings. The molecule has 4 heteroatoms. The number of carboxylic acid groups (broad SMARTS) is 1. The number of nitrogens with zero attached hydrogens (tertiary/aromatic N) is 1. The van der Waals surface area contributed by atoms with Crippen molar-refractivity contribution < 1.29 is 14.7 Å². The van der Waals surface area contributed by atoms with Gasteiger partial charge in [0.25, 0.3) is 0 Å². The average molecular weight is 273 g/mol. The number of hydrogen-bond acceptors (Lipinski definition) is 2.